The summed E-state index contributed by atoms with van der Waals surface area (Å²) in [7, 11) is 0. The monoisotopic (exact) mass is 418 g/mol. The Kier molecular flexibility index (Phi) is 4.97. The van der Waals surface area contributed by atoms with Crippen LogP contribution in [0.3, 0.4) is 0 Å². The molecule has 1 heterocycles. The van der Waals surface area contributed by atoms with E-state index in [1.54, 1.807) is 0 Å². The third-order valence-electron chi connectivity index (χ3n) is 9.57. The number of hydrogen-bond acceptors (Lipinski definition) is 5. The van der Waals surface area contributed by atoms with Crippen molar-refractivity contribution in [2.45, 2.75) is 101 Å². The van der Waals surface area contributed by atoms with Crippen LogP contribution in [0.5, 0.6) is 0 Å². The van der Waals surface area contributed by atoms with Gasteiger partial charge in [-0.2, -0.15) is 0 Å². The zero-order valence-electron chi connectivity index (χ0n) is 18.2. The molecule has 0 amide bonds. The normalized spacial score (nSPS) is 51.4. The Hall–Kier alpha value is -0.650. The predicted octanol–water partition coefficient (Wildman–Crippen LogP) is 4.21. The Bertz CT molecular complexity index is 648. The number of rotatable bonds is 5. The molecule has 7 aliphatic rings. The molecule has 5 nitrogen and oxygen atoms in total. The van der Waals surface area contributed by atoms with Gasteiger partial charge in [0.25, 0.3) is 0 Å². The molecule has 1 aliphatic heterocycles. The molecular weight excluding hydrogens is 380 g/mol. The van der Waals surface area contributed by atoms with Crippen molar-refractivity contribution in [1.82, 2.24) is 0 Å². The molecule has 0 aromatic carbocycles. The van der Waals surface area contributed by atoms with Crippen LogP contribution >= 0.6 is 0 Å². The van der Waals surface area contributed by atoms with Crippen molar-refractivity contribution < 1.29 is 24.1 Å². The van der Waals surface area contributed by atoms with Crippen LogP contribution in [0.4, 0.5) is 0 Å². The second-order valence-electron chi connectivity index (χ2n) is 11.8. The van der Waals surface area contributed by atoms with Crippen LogP contribution in [0.1, 0.15) is 83.5 Å². The molecule has 168 valence electrons. The number of hydrogen-bond donors (Lipinski definition) is 1. The Morgan fingerprint density at radius 2 is 1.77 bits per heavy atom. The van der Waals surface area contributed by atoms with Gasteiger partial charge < -0.3 is 19.3 Å². The third-order valence-corrected chi connectivity index (χ3v) is 9.57. The summed E-state index contributed by atoms with van der Waals surface area (Å²) < 4.78 is 18.4. The number of carbonyl (C=O) groups is 1. The topological polar surface area (TPSA) is 65.0 Å². The maximum atomic E-state index is 12.4. The molecular formula is C25H38O5. The minimum atomic E-state index is -0.461. The lowest BCUT2D eigenvalue weighted by molar-refractivity contribution is -0.295. The standard InChI is InChI=1S/C25H38O5/c26-23(4-3-17-6-16-2-1-5-24(27,12-16)13-17)28-14-22-15-29-25(30-22)20-8-18-7-19(10-20)11-21(25)9-18/h16-22,27H,1-15H2. The first-order valence-corrected chi connectivity index (χ1v) is 12.7. The summed E-state index contributed by atoms with van der Waals surface area (Å²) in [5, 5.41) is 10.7. The van der Waals surface area contributed by atoms with Gasteiger partial charge >= 0.3 is 5.97 Å². The van der Waals surface area contributed by atoms with E-state index >= 15 is 0 Å². The molecule has 30 heavy (non-hydrogen) atoms. The van der Waals surface area contributed by atoms with Crippen molar-refractivity contribution in [3.8, 4) is 0 Å². The summed E-state index contributed by atoms with van der Waals surface area (Å²) in [4.78, 5) is 12.4. The molecule has 0 aromatic rings. The van der Waals surface area contributed by atoms with Crippen molar-refractivity contribution in [3.05, 3.63) is 0 Å². The van der Waals surface area contributed by atoms with E-state index in [9.17, 15) is 9.90 Å². The van der Waals surface area contributed by atoms with Crippen molar-refractivity contribution in [2.75, 3.05) is 13.2 Å². The molecule has 4 atom stereocenters. The molecule has 0 aromatic heterocycles. The average Bonchev–Trinajstić information content (AvgIpc) is 3.13. The molecule has 1 spiro atoms. The first-order valence-electron chi connectivity index (χ1n) is 12.7. The lowest BCUT2D eigenvalue weighted by Gasteiger charge is -2.58. The van der Waals surface area contributed by atoms with Gasteiger partial charge in [0.2, 0.25) is 0 Å². The maximum absolute atomic E-state index is 12.4. The number of fused-ring (bicyclic) bond motifs is 2. The van der Waals surface area contributed by atoms with E-state index in [0.717, 1.165) is 43.9 Å². The minimum Gasteiger partial charge on any atom is -0.463 e. The Morgan fingerprint density at radius 3 is 2.50 bits per heavy atom. The van der Waals surface area contributed by atoms with E-state index in [-0.39, 0.29) is 17.9 Å². The van der Waals surface area contributed by atoms with Gasteiger partial charge in [-0.05, 0) is 87.9 Å². The van der Waals surface area contributed by atoms with E-state index in [2.05, 4.69) is 0 Å². The van der Waals surface area contributed by atoms with Gasteiger partial charge in [0, 0.05) is 18.3 Å². The second-order valence-corrected chi connectivity index (χ2v) is 11.8. The fourth-order valence-corrected chi connectivity index (χ4v) is 8.64. The van der Waals surface area contributed by atoms with Gasteiger partial charge in [-0.25, -0.2) is 0 Å². The molecule has 7 fully saturated rings. The van der Waals surface area contributed by atoms with Crippen LogP contribution < -0.4 is 0 Å². The summed E-state index contributed by atoms with van der Waals surface area (Å²) in [5.74, 6) is 3.49. The van der Waals surface area contributed by atoms with Gasteiger partial charge in [-0.1, -0.05) is 12.8 Å². The molecule has 6 aliphatic carbocycles. The second kappa shape index (κ2) is 7.45. The zero-order chi connectivity index (χ0) is 20.3. The van der Waals surface area contributed by atoms with Crippen molar-refractivity contribution in [3.63, 3.8) is 0 Å². The van der Waals surface area contributed by atoms with Crippen LogP contribution in [0, 0.1) is 35.5 Å². The summed E-state index contributed by atoms with van der Waals surface area (Å²) in [5.41, 5.74) is -0.461. The van der Waals surface area contributed by atoms with E-state index in [1.165, 1.54) is 44.9 Å². The van der Waals surface area contributed by atoms with Crippen molar-refractivity contribution in [2.24, 2.45) is 35.5 Å². The highest BCUT2D eigenvalue weighted by atomic mass is 16.8. The smallest absolute Gasteiger partial charge is 0.305 e. The van der Waals surface area contributed by atoms with Gasteiger partial charge in [-0.15, -0.1) is 0 Å². The number of ether oxygens (including phenoxy) is 3. The zero-order valence-corrected chi connectivity index (χ0v) is 18.2. The fraction of sp³-hybridized carbons (Fsp3) is 0.960. The SMILES string of the molecule is O=C(CCC1CC2CCCC(O)(C2)C1)OCC1COC2(O1)C1CC3CC(C1)CC2C3. The molecule has 6 bridgehead atoms. The van der Waals surface area contributed by atoms with Crippen LogP contribution in [-0.4, -0.2) is 41.8 Å². The van der Waals surface area contributed by atoms with Gasteiger partial charge in [0.1, 0.15) is 12.7 Å². The highest BCUT2D eigenvalue weighted by molar-refractivity contribution is 5.69. The van der Waals surface area contributed by atoms with Crippen LogP contribution in [0.2, 0.25) is 0 Å². The molecule has 4 unspecified atom stereocenters. The number of aliphatic hydroxyl groups is 1. The third kappa shape index (κ3) is 3.53. The first-order chi connectivity index (χ1) is 14.5. The molecule has 1 saturated heterocycles. The van der Waals surface area contributed by atoms with Crippen molar-refractivity contribution >= 4 is 5.97 Å². The van der Waals surface area contributed by atoms with E-state index in [4.69, 9.17) is 14.2 Å². The Balaban J connectivity index is 0.968. The number of carbonyl (C=O) groups excluding carboxylic acids is 1. The largest absolute Gasteiger partial charge is 0.463 e. The average molecular weight is 419 g/mol. The molecule has 5 heteroatoms. The van der Waals surface area contributed by atoms with E-state index < -0.39 is 5.60 Å². The fourth-order valence-electron chi connectivity index (χ4n) is 8.64. The quantitative estimate of drug-likeness (QED) is 0.678. The summed E-state index contributed by atoms with van der Waals surface area (Å²) >= 11 is 0. The van der Waals surface area contributed by atoms with Gasteiger partial charge in [0.05, 0.1) is 12.2 Å². The first kappa shape index (κ1) is 20.0. The number of esters is 1. The van der Waals surface area contributed by atoms with E-state index in [0.29, 0.717) is 43.3 Å². The highest BCUT2D eigenvalue weighted by Crippen LogP contribution is 2.61. The maximum Gasteiger partial charge on any atom is 0.305 e. The van der Waals surface area contributed by atoms with Crippen LogP contribution in [-0.2, 0) is 19.0 Å². The minimum absolute atomic E-state index is 0.110. The highest BCUT2D eigenvalue weighted by Gasteiger charge is 2.62. The Morgan fingerprint density at radius 1 is 1.00 bits per heavy atom. The van der Waals surface area contributed by atoms with Gasteiger partial charge in [-0.3, -0.25) is 4.79 Å². The van der Waals surface area contributed by atoms with Crippen molar-refractivity contribution in [1.29, 1.82) is 0 Å². The molecule has 7 rings (SSSR count). The van der Waals surface area contributed by atoms with Crippen LogP contribution in [0.25, 0.3) is 0 Å². The Labute approximate surface area is 180 Å². The van der Waals surface area contributed by atoms with Gasteiger partial charge in [0.15, 0.2) is 5.79 Å². The van der Waals surface area contributed by atoms with Crippen LogP contribution in [0.15, 0.2) is 0 Å². The summed E-state index contributed by atoms with van der Waals surface area (Å²) in [6.45, 7) is 0.886. The lowest BCUT2D eigenvalue weighted by Crippen LogP contribution is -2.58. The lowest BCUT2D eigenvalue weighted by atomic mass is 9.53. The molecule has 1 N–H and O–H groups in total. The van der Waals surface area contributed by atoms with E-state index in [1.807, 2.05) is 0 Å². The predicted molar refractivity (Wildman–Crippen MR) is 110 cm³/mol. The molecule has 6 saturated carbocycles. The molecule has 0 radical (unpaired) electrons. The summed E-state index contributed by atoms with van der Waals surface area (Å²) in [6, 6.07) is 0. The summed E-state index contributed by atoms with van der Waals surface area (Å²) in [6.07, 6.45) is 14.0.